The number of hydrogen-bond acceptors (Lipinski definition) is 3. The molecule has 1 heterocycles. The average Bonchev–Trinajstić information content (AvgIpc) is 2.62. The molecule has 0 spiro atoms. The second-order valence-electron chi connectivity index (χ2n) is 5.82. The molecule has 126 valence electrons. The van der Waals surface area contributed by atoms with Crippen LogP contribution in [0.15, 0.2) is 48.5 Å². The first-order valence-electron chi connectivity index (χ1n) is 8.07. The highest BCUT2D eigenvalue weighted by atomic mass is 35.5. The molecule has 1 amide bonds. The van der Waals surface area contributed by atoms with Gasteiger partial charge in [0.1, 0.15) is 5.75 Å². The first-order valence-corrected chi connectivity index (χ1v) is 8.45. The Morgan fingerprint density at radius 2 is 2.00 bits per heavy atom. The number of amides is 1. The molecule has 0 bridgehead atoms. The average molecular weight is 345 g/mol. The monoisotopic (exact) mass is 344 g/mol. The molecule has 0 radical (unpaired) electrons. The van der Waals surface area contributed by atoms with Gasteiger partial charge < -0.3 is 15.0 Å². The number of ether oxygens (including phenoxy) is 1. The summed E-state index contributed by atoms with van der Waals surface area (Å²) in [6.45, 7) is 2.17. The van der Waals surface area contributed by atoms with E-state index < -0.39 is 0 Å². The van der Waals surface area contributed by atoms with Gasteiger partial charge in [0.25, 0.3) is 0 Å². The van der Waals surface area contributed by atoms with E-state index in [1.54, 1.807) is 7.11 Å². The minimum absolute atomic E-state index is 0.0466. The standard InChI is InChI=1S/C19H21ClN2O2/c1-24-18-9-5-2-6-14(18)12-19(23)22-11-10-21-13-17(22)15-7-3-4-8-16(15)20/h2-9,17,21H,10-13H2,1H3. The van der Waals surface area contributed by atoms with Crippen LogP contribution in [0.4, 0.5) is 0 Å². The summed E-state index contributed by atoms with van der Waals surface area (Å²) in [5.41, 5.74) is 1.89. The normalized spacial score (nSPS) is 17.6. The number of halogens is 1. The van der Waals surface area contributed by atoms with Crippen molar-refractivity contribution >= 4 is 17.5 Å². The Hall–Kier alpha value is -2.04. The largest absolute Gasteiger partial charge is 0.496 e. The van der Waals surface area contributed by atoms with Crippen LogP contribution in [0, 0.1) is 0 Å². The van der Waals surface area contributed by atoms with Crippen LogP contribution in [0.1, 0.15) is 17.2 Å². The second-order valence-corrected chi connectivity index (χ2v) is 6.22. The lowest BCUT2D eigenvalue weighted by Crippen LogP contribution is -2.49. The minimum Gasteiger partial charge on any atom is -0.496 e. The quantitative estimate of drug-likeness (QED) is 0.926. The lowest BCUT2D eigenvalue weighted by atomic mass is 10.0. The van der Waals surface area contributed by atoms with Gasteiger partial charge in [-0.1, -0.05) is 48.0 Å². The molecular formula is C19H21ClN2O2. The summed E-state index contributed by atoms with van der Waals surface area (Å²) in [5.74, 6) is 0.834. The van der Waals surface area contributed by atoms with E-state index in [9.17, 15) is 4.79 Å². The SMILES string of the molecule is COc1ccccc1CC(=O)N1CCNCC1c1ccccc1Cl. The Morgan fingerprint density at radius 3 is 2.79 bits per heavy atom. The molecule has 1 N–H and O–H groups in total. The molecule has 0 aliphatic carbocycles. The fraction of sp³-hybridized carbons (Fsp3) is 0.316. The summed E-state index contributed by atoms with van der Waals surface area (Å²) in [6, 6.07) is 15.3. The van der Waals surface area contributed by atoms with E-state index in [1.807, 2.05) is 53.4 Å². The molecule has 1 aliphatic rings. The van der Waals surface area contributed by atoms with E-state index in [4.69, 9.17) is 16.3 Å². The zero-order chi connectivity index (χ0) is 16.9. The molecule has 1 saturated heterocycles. The fourth-order valence-electron chi connectivity index (χ4n) is 3.14. The van der Waals surface area contributed by atoms with E-state index in [0.29, 0.717) is 24.5 Å². The molecule has 0 aromatic heterocycles. The van der Waals surface area contributed by atoms with Crippen LogP contribution in [0.25, 0.3) is 0 Å². The predicted molar refractivity (Wildman–Crippen MR) is 95.5 cm³/mol. The first kappa shape index (κ1) is 16.8. The molecular weight excluding hydrogens is 324 g/mol. The molecule has 1 fully saturated rings. The van der Waals surface area contributed by atoms with Crippen LogP contribution >= 0.6 is 11.6 Å². The van der Waals surface area contributed by atoms with Gasteiger partial charge in [0.15, 0.2) is 0 Å². The fourth-order valence-corrected chi connectivity index (χ4v) is 3.40. The zero-order valence-corrected chi connectivity index (χ0v) is 14.4. The minimum atomic E-state index is -0.0466. The van der Waals surface area contributed by atoms with Crippen molar-refractivity contribution in [3.63, 3.8) is 0 Å². The van der Waals surface area contributed by atoms with Crippen LogP contribution in [0.3, 0.4) is 0 Å². The Bertz CT molecular complexity index is 720. The third kappa shape index (κ3) is 3.55. The van der Waals surface area contributed by atoms with E-state index >= 15 is 0 Å². The van der Waals surface area contributed by atoms with Crippen molar-refractivity contribution < 1.29 is 9.53 Å². The molecule has 2 aromatic rings. The van der Waals surface area contributed by atoms with Gasteiger partial charge in [-0.3, -0.25) is 4.79 Å². The van der Waals surface area contributed by atoms with Gasteiger partial charge >= 0.3 is 0 Å². The van der Waals surface area contributed by atoms with Crippen LogP contribution in [0.2, 0.25) is 5.02 Å². The third-order valence-corrected chi connectivity index (χ3v) is 4.71. The van der Waals surface area contributed by atoms with Crippen molar-refractivity contribution in [3.05, 3.63) is 64.7 Å². The summed E-state index contributed by atoms with van der Waals surface area (Å²) < 4.78 is 5.36. The summed E-state index contributed by atoms with van der Waals surface area (Å²) in [4.78, 5) is 14.9. The number of carbonyl (C=O) groups is 1. The van der Waals surface area contributed by atoms with Gasteiger partial charge in [0.2, 0.25) is 5.91 Å². The van der Waals surface area contributed by atoms with Crippen molar-refractivity contribution in [1.82, 2.24) is 10.2 Å². The van der Waals surface area contributed by atoms with Gasteiger partial charge in [-0.15, -0.1) is 0 Å². The van der Waals surface area contributed by atoms with Crippen molar-refractivity contribution in [2.24, 2.45) is 0 Å². The van der Waals surface area contributed by atoms with E-state index in [0.717, 1.165) is 23.4 Å². The molecule has 24 heavy (non-hydrogen) atoms. The molecule has 1 atom stereocenters. The Balaban J connectivity index is 1.83. The number of rotatable bonds is 4. The zero-order valence-electron chi connectivity index (χ0n) is 13.7. The van der Waals surface area contributed by atoms with Crippen molar-refractivity contribution in [2.75, 3.05) is 26.7 Å². The van der Waals surface area contributed by atoms with Crippen LogP contribution < -0.4 is 10.1 Å². The third-order valence-electron chi connectivity index (χ3n) is 4.36. The number of nitrogens with one attached hydrogen (secondary N) is 1. The molecule has 0 saturated carbocycles. The lowest BCUT2D eigenvalue weighted by molar-refractivity contribution is -0.133. The highest BCUT2D eigenvalue weighted by Crippen LogP contribution is 2.29. The number of para-hydroxylation sites is 1. The summed E-state index contributed by atoms with van der Waals surface area (Å²) in [7, 11) is 1.63. The van der Waals surface area contributed by atoms with E-state index in [-0.39, 0.29) is 11.9 Å². The highest BCUT2D eigenvalue weighted by molar-refractivity contribution is 6.31. The number of methoxy groups -OCH3 is 1. The van der Waals surface area contributed by atoms with Gasteiger partial charge in [0.05, 0.1) is 19.6 Å². The number of piperazine rings is 1. The van der Waals surface area contributed by atoms with Gasteiger partial charge in [-0.2, -0.15) is 0 Å². The summed E-state index contributed by atoms with van der Waals surface area (Å²) in [6.07, 6.45) is 0.324. The molecule has 3 rings (SSSR count). The maximum absolute atomic E-state index is 12.9. The van der Waals surface area contributed by atoms with Crippen molar-refractivity contribution in [3.8, 4) is 5.75 Å². The maximum Gasteiger partial charge on any atom is 0.227 e. The predicted octanol–water partition coefficient (Wildman–Crippen LogP) is 3.06. The van der Waals surface area contributed by atoms with Crippen molar-refractivity contribution in [2.45, 2.75) is 12.5 Å². The van der Waals surface area contributed by atoms with Crippen LogP contribution in [-0.2, 0) is 11.2 Å². The Labute approximate surface area is 147 Å². The summed E-state index contributed by atoms with van der Waals surface area (Å²) >= 11 is 6.35. The maximum atomic E-state index is 12.9. The molecule has 2 aromatic carbocycles. The van der Waals surface area contributed by atoms with Gasteiger partial charge in [-0.25, -0.2) is 0 Å². The first-order chi connectivity index (χ1) is 11.7. The number of carbonyl (C=O) groups excluding carboxylic acids is 1. The van der Waals surface area contributed by atoms with Gasteiger partial charge in [-0.05, 0) is 17.7 Å². The Morgan fingerprint density at radius 1 is 1.25 bits per heavy atom. The number of nitrogens with zero attached hydrogens (tertiary/aromatic N) is 1. The van der Waals surface area contributed by atoms with E-state index in [1.165, 1.54) is 0 Å². The highest BCUT2D eigenvalue weighted by Gasteiger charge is 2.29. The summed E-state index contributed by atoms with van der Waals surface area (Å²) in [5, 5.41) is 4.05. The van der Waals surface area contributed by atoms with Gasteiger partial charge in [0, 0.05) is 30.2 Å². The second kappa shape index (κ2) is 7.69. The molecule has 1 aliphatic heterocycles. The molecule has 1 unspecified atom stereocenters. The lowest BCUT2D eigenvalue weighted by Gasteiger charge is -2.37. The van der Waals surface area contributed by atoms with Crippen molar-refractivity contribution in [1.29, 1.82) is 0 Å². The number of benzene rings is 2. The molecule has 4 nitrogen and oxygen atoms in total. The van der Waals surface area contributed by atoms with Crippen LogP contribution in [0.5, 0.6) is 5.75 Å². The number of hydrogen-bond donors (Lipinski definition) is 1. The smallest absolute Gasteiger partial charge is 0.227 e. The topological polar surface area (TPSA) is 41.6 Å². The van der Waals surface area contributed by atoms with Crippen LogP contribution in [-0.4, -0.2) is 37.6 Å². The van der Waals surface area contributed by atoms with E-state index in [2.05, 4.69) is 5.32 Å². The molecule has 5 heteroatoms. The Kier molecular flexibility index (Phi) is 5.38.